The number of fused-ring (bicyclic) bond motifs is 1. The van der Waals surface area contributed by atoms with Crippen LogP contribution < -0.4 is 24.4 Å². The van der Waals surface area contributed by atoms with E-state index in [1.807, 2.05) is 32.0 Å². The molecule has 10 heteroatoms. The van der Waals surface area contributed by atoms with Gasteiger partial charge in [-0.15, -0.1) is 0 Å². The Hall–Kier alpha value is -3.69. The first kappa shape index (κ1) is 28.3. The Morgan fingerprint density at radius 1 is 1.18 bits per heavy atom. The summed E-state index contributed by atoms with van der Waals surface area (Å²) in [5.74, 6) is -0.378. The lowest BCUT2D eigenvalue weighted by atomic mass is 9.95. The lowest BCUT2D eigenvalue weighted by Crippen LogP contribution is -2.40. The first-order chi connectivity index (χ1) is 18.6. The Labute approximate surface area is 234 Å². The van der Waals surface area contributed by atoms with Crippen LogP contribution in [0.2, 0.25) is 5.02 Å². The van der Waals surface area contributed by atoms with Crippen LogP contribution in [0.25, 0.3) is 6.08 Å². The molecule has 1 aliphatic rings. The summed E-state index contributed by atoms with van der Waals surface area (Å²) in [7, 11) is 0. The van der Waals surface area contributed by atoms with E-state index in [1.165, 1.54) is 22.8 Å². The lowest BCUT2D eigenvalue weighted by molar-refractivity contribution is -0.140. The molecule has 0 saturated heterocycles. The van der Waals surface area contributed by atoms with Crippen LogP contribution >= 0.6 is 22.9 Å². The summed E-state index contributed by atoms with van der Waals surface area (Å²) in [5, 5.41) is 0.511. The highest BCUT2D eigenvalue weighted by atomic mass is 35.5. The molecule has 4 rings (SSSR count). The van der Waals surface area contributed by atoms with Crippen molar-refractivity contribution in [1.82, 2.24) is 4.57 Å². The summed E-state index contributed by atoms with van der Waals surface area (Å²) in [6.07, 6.45) is 1.72. The fourth-order valence-corrected chi connectivity index (χ4v) is 5.38. The second kappa shape index (κ2) is 12.0. The minimum Gasteiger partial charge on any atom is -0.490 e. The molecule has 8 nitrogen and oxygen atoms in total. The fourth-order valence-electron chi connectivity index (χ4n) is 4.15. The minimum atomic E-state index is -0.847. The highest BCUT2D eigenvalue weighted by Gasteiger charge is 2.34. The van der Waals surface area contributed by atoms with Crippen LogP contribution in [0, 0.1) is 5.92 Å². The van der Waals surface area contributed by atoms with Gasteiger partial charge in [-0.3, -0.25) is 14.2 Å². The van der Waals surface area contributed by atoms with E-state index >= 15 is 0 Å². The average Bonchev–Trinajstić information content (AvgIpc) is 3.18. The van der Waals surface area contributed by atoms with Gasteiger partial charge in [0.1, 0.15) is 0 Å². The second-order valence-electron chi connectivity index (χ2n) is 9.33. The maximum atomic E-state index is 13.8. The molecule has 1 aliphatic heterocycles. The number of hydrogen-bond donors (Lipinski definition) is 0. The smallest absolute Gasteiger partial charge is 0.338 e. The molecule has 0 aliphatic carbocycles. The SMILES string of the molecule is CCOc1cc([C@@H]2C(C(=O)OCC(C)C)=C(C)N=c3s/c(=C\c4ccccc4Cl)c(=O)n32)ccc1OC(C)=O. The maximum absolute atomic E-state index is 13.8. The summed E-state index contributed by atoms with van der Waals surface area (Å²) in [6.45, 7) is 9.25. The van der Waals surface area contributed by atoms with Gasteiger partial charge in [0.05, 0.1) is 35.1 Å². The number of carbonyl (C=O) groups excluding carboxylic acids is 2. The number of thiazole rings is 1. The Kier molecular flexibility index (Phi) is 8.72. The lowest BCUT2D eigenvalue weighted by Gasteiger charge is -2.25. The Bertz CT molecular complexity index is 1640. The van der Waals surface area contributed by atoms with E-state index in [0.29, 0.717) is 43.5 Å². The van der Waals surface area contributed by atoms with Gasteiger partial charge < -0.3 is 14.2 Å². The van der Waals surface area contributed by atoms with Crippen molar-refractivity contribution in [3.05, 3.63) is 89.6 Å². The molecule has 0 amide bonds. The molecule has 2 heterocycles. The van der Waals surface area contributed by atoms with Gasteiger partial charge >= 0.3 is 11.9 Å². The van der Waals surface area contributed by atoms with Crippen molar-refractivity contribution >= 4 is 41.0 Å². The zero-order chi connectivity index (χ0) is 28.3. The third-order valence-corrected chi connectivity index (χ3v) is 7.15. The number of nitrogens with zero attached hydrogens (tertiary/aromatic N) is 2. The van der Waals surface area contributed by atoms with Crippen molar-refractivity contribution in [1.29, 1.82) is 0 Å². The predicted molar refractivity (Wildman–Crippen MR) is 150 cm³/mol. The van der Waals surface area contributed by atoms with Crippen LogP contribution in [0.5, 0.6) is 11.5 Å². The summed E-state index contributed by atoms with van der Waals surface area (Å²) in [4.78, 5) is 43.9. The molecule has 204 valence electrons. The van der Waals surface area contributed by atoms with Crippen molar-refractivity contribution in [2.24, 2.45) is 10.9 Å². The molecule has 2 aromatic carbocycles. The average molecular weight is 569 g/mol. The maximum Gasteiger partial charge on any atom is 0.338 e. The van der Waals surface area contributed by atoms with E-state index in [4.69, 9.17) is 25.8 Å². The molecule has 0 spiro atoms. The van der Waals surface area contributed by atoms with E-state index in [1.54, 1.807) is 44.2 Å². The summed E-state index contributed by atoms with van der Waals surface area (Å²) in [6, 6.07) is 11.3. The van der Waals surface area contributed by atoms with Crippen molar-refractivity contribution in [3.63, 3.8) is 0 Å². The number of hydrogen-bond acceptors (Lipinski definition) is 8. The van der Waals surface area contributed by atoms with E-state index in [-0.39, 0.29) is 29.4 Å². The van der Waals surface area contributed by atoms with Crippen LogP contribution in [-0.4, -0.2) is 29.7 Å². The zero-order valence-corrected chi connectivity index (χ0v) is 23.9. The van der Waals surface area contributed by atoms with Gasteiger partial charge in [-0.2, -0.15) is 0 Å². The number of esters is 2. The Morgan fingerprint density at radius 2 is 1.92 bits per heavy atom. The highest BCUT2D eigenvalue weighted by Crippen LogP contribution is 2.36. The first-order valence-electron chi connectivity index (χ1n) is 12.5. The van der Waals surface area contributed by atoms with E-state index in [9.17, 15) is 14.4 Å². The van der Waals surface area contributed by atoms with Gasteiger partial charge in [-0.1, -0.05) is 61.1 Å². The molecule has 0 saturated carbocycles. The molecular formula is C29H29ClN2O6S. The third-order valence-electron chi connectivity index (χ3n) is 5.82. The summed E-state index contributed by atoms with van der Waals surface area (Å²) < 4.78 is 18.6. The van der Waals surface area contributed by atoms with Gasteiger partial charge in [0.2, 0.25) is 0 Å². The standard InChI is InChI=1S/C29H29ClN2O6S/c1-6-36-23-13-20(11-12-22(23)38-18(5)33)26-25(28(35)37-15-16(2)3)17(4)31-29-32(26)27(34)24(39-29)14-19-9-7-8-10-21(19)30/h7-14,16,26H,6,15H2,1-5H3/b24-14-/t26-/m1/s1. The molecule has 0 bridgehead atoms. The van der Waals surface area contributed by atoms with Gasteiger partial charge in [-0.25, -0.2) is 9.79 Å². The summed E-state index contributed by atoms with van der Waals surface area (Å²) >= 11 is 7.55. The number of aromatic nitrogens is 1. The molecular weight excluding hydrogens is 540 g/mol. The van der Waals surface area contributed by atoms with Crippen molar-refractivity contribution in [2.75, 3.05) is 13.2 Å². The van der Waals surface area contributed by atoms with Crippen LogP contribution in [0.15, 0.2) is 63.5 Å². The van der Waals surface area contributed by atoms with Gasteiger partial charge in [-0.05, 0) is 55.2 Å². The molecule has 39 heavy (non-hydrogen) atoms. The van der Waals surface area contributed by atoms with Crippen molar-refractivity contribution in [2.45, 2.75) is 40.7 Å². The monoisotopic (exact) mass is 568 g/mol. The zero-order valence-electron chi connectivity index (χ0n) is 22.3. The van der Waals surface area contributed by atoms with Gasteiger partial charge in [0, 0.05) is 11.9 Å². The van der Waals surface area contributed by atoms with E-state index in [2.05, 4.69) is 4.99 Å². The topological polar surface area (TPSA) is 96.2 Å². The molecule has 1 atom stereocenters. The number of rotatable bonds is 8. The highest BCUT2D eigenvalue weighted by molar-refractivity contribution is 7.07. The van der Waals surface area contributed by atoms with Crippen LogP contribution in [0.4, 0.5) is 0 Å². The number of benzene rings is 2. The number of carbonyl (C=O) groups is 2. The minimum absolute atomic E-state index is 0.123. The molecule has 0 unspecified atom stereocenters. The normalized spacial score (nSPS) is 15.2. The van der Waals surface area contributed by atoms with Crippen LogP contribution in [0.3, 0.4) is 0 Å². The van der Waals surface area contributed by atoms with Gasteiger partial charge in [0.25, 0.3) is 5.56 Å². The third kappa shape index (κ3) is 6.15. The van der Waals surface area contributed by atoms with Gasteiger partial charge in [0.15, 0.2) is 16.3 Å². The van der Waals surface area contributed by atoms with Crippen LogP contribution in [0.1, 0.15) is 51.8 Å². The van der Waals surface area contributed by atoms with Crippen molar-refractivity contribution < 1.29 is 23.8 Å². The molecule has 0 N–H and O–H groups in total. The molecule has 0 radical (unpaired) electrons. The van der Waals surface area contributed by atoms with Crippen LogP contribution in [-0.2, 0) is 14.3 Å². The molecule has 3 aromatic rings. The summed E-state index contributed by atoms with van der Waals surface area (Å²) in [5.41, 5.74) is 1.63. The largest absolute Gasteiger partial charge is 0.490 e. The number of allylic oxidation sites excluding steroid dienone is 1. The first-order valence-corrected chi connectivity index (χ1v) is 13.7. The Balaban J connectivity index is 1.94. The predicted octanol–water partition coefficient (Wildman–Crippen LogP) is 4.41. The second-order valence-corrected chi connectivity index (χ2v) is 10.7. The molecule has 1 aromatic heterocycles. The number of ether oxygens (including phenoxy) is 3. The number of halogens is 1. The Morgan fingerprint density at radius 3 is 2.59 bits per heavy atom. The van der Waals surface area contributed by atoms with Crippen molar-refractivity contribution in [3.8, 4) is 11.5 Å². The quantitative estimate of drug-likeness (QED) is 0.295. The van der Waals surface area contributed by atoms with E-state index in [0.717, 1.165) is 0 Å². The fraction of sp³-hybridized carbons (Fsp3) is 0.310. The molecule has 0 fully saturated rings. The van der Waals surface area contributed by atoms with E-state index < -0.39 is 18.0 Å².